The quantitative estimate of drug-likeness (QED) is 0.797. The Morgan fingerprint density at radius 3 is 2.06 bits per heavy atom. The molecule has 92 valence electrons. The third kappa shape index (κ3) is 2.13. The smallest absolute Gasteiger partial charge is 0.345 e. The number of aromatic hydroxyl groups is 2. The zero-order valence-electron chi connectivity index (χ0n) is 9.75. The topological polar surface area (TPSA) is 66.8 Å². The number of rotatable bonds is 2. The van der Waals surface area contributed by atoms with Gasteiger partial charge in [-0.3, -0.25) is 0 Å². The van der Waals surface area contributed by atoms with Crippen molar-refractivity contribution in [2.75, 3.05) is 7.11 Å². The molecule has 2 aromatic carbocycles. The van der Waals surface area contributed by atoms with E-state index in [1.165, 1.54) is 19.2 Å². The molecule has 0 heterocycles. The van der Waals surface area contributed by atoms with Gasteiger partial charge in [0.15, 0.2) is 0 Å². The second kappa shape index (κ2) is 4.79. The second-order valence-electron chi connectivity index (χ2n) is 3.75. The van der Waals surface area contributed by atoms with Crippen molar-refractivity contribution >= 4 is 5.97 Å². The molecular formula is C14H12O4. The molecule has 0 fully saturated rings. The van der Waals surface area contributed by atoms with Crippen molar-refractivity contribution in [3.8, 4) is 22.6 Å². The van der Waals surface area contributed by atoms with E-state index in [9.17, 15) is 15.0 Å². The minimum absolute atomic E-state index is 0.225. The van der Waals surface area contributed by atoms with Crippen LogP contribution in [0.25, 0.3) is 11.1 Å². The number of phenols is 2. The summed E-state index contributed by atoms with van der Waals surface area (Å²) in [6, 6.07) is 12.1. The molecule has 0 aromatic heterocycles. The van der Waals surface area contributed by atoms with Crippen LogP contribution in [-0.2, 0) is 4.74 Å². The van der Waals surface area contributed by atoms with Gasteiger partial charge in [0, 0.05) is 0 Å². The predicted octanol–water partition coefficient (Wildman–Crippen LogP) is 2.55. The molecule has 0 radical (unpaired) electrons. The fourth-order valence-corrected chi connectivity index (χ4v) is 1.72. The van der Waals surface area contributed by atoms with Gasteiger partial charge < -0.3 is 14.9 Å². The largest absolute Gasteiger partial charge is 0.507 e. The molecule has 18 heavy (non-hydrogen) atoms. The molecule has 0 aliphatic heterocycles. The summed E-state index contributed by atoms with van der Waals surface area (Å²) in [7, 11) is 1.19. The van der Waals surface area contributed by atoms with Gasteiger partial charge in [0.05, 0.1) is 7.11 Å². The number of hydrogen-bond acceptors (Lipinski definition) is 4. The third-order valence-corrected chi connectivity index (χ3v) is 2.59. The van der Waals surface area contributed by atoms with Crippen LogP contribution < -0.4 is 0 Å². The Bertz CT molecular complexity index is 553. The normalized spacial score (nSPS) is 10.1. The summed E-state index contributed by atoms with van der Waals surface area (Å²) in [5.41, 5.74) is 1.23. The van der Waals surface area contributed by atoms with E-state index in [-0.39, 0.29) is 17.1 Å². The maximum atomic E-state index is 11.4. The Kier molecular flexibility index (Phi) is 3.19. The Morgan fingerprint density at radius 2 is 1.56 bits per heavy atom. The van der Waals surface area contributed by atoms with E-state index < -0.39 is 5.97 Å². The zero-order chi connectivity index (χ0) is 13.1. The first-order valence-electron chi connectivity index (χ1n) is 5.33. The summed E-state index contributed by atoms with van der Waals surface area (Å²) >= 11 is 0. The first kappa shape index (κ1) is 12.0. The molecule has 0 saturated carbocycles. The monoisotopic (exact) mass is 244 g/mol. The van der Waals surface area contributed by atoms with Gasteiger partial charge in [-0.05, 0) is 23.3 Å². The average molecular weight is 244 g/mol. The van der Waals surface area contributed by atoms with E-state index in [0.29, 0.717) is 5.56 Å². The van der Waals surface area contributed by atoms with Gasteiger partial charge in [-0.1, -0.05) is 30.3 Å². The van der Waals surface area contributed by atoms with E-state index in [4.69, 9.17) is 0 Å². The molecule has 2 rings (SSSR count). The fourth-order valence-electron chi connectivity index (χ4n) is 1.72. The Morgan fingerprint density at radius 1 is 1.00 bits per heavy atom. The number of ether oxygens (including phenoxy) is 1. The summed E-state index contributed by atoms with van der Waals surface area (Å²) in [4.78, 5) is 11.4. The van der Waals surface area contributed by atoms with Crippen molar-refractivity contribution < 1.29 is 19.7 Å². The Hall–Kier alpha value is -2.49. The molecule has 0 atom stereocenters. The standard InChI is InChI=1S/C14H12O4/c1-18-14(17)13-11(15)7-10(8-12(13)16)9-5-3-2-4-6-9/h2-8,15-16H,1H3. The lowest BCUT2D eigenvalue weighted by Gasteiger charge is -2.08. The molecule has 0 unspecified atom stereocenters. The Labute approximate surface area is 104 Å². The first-order valence-corrected chi connectivity index (χ1v) is 5.33. The average Bonchev–Trinajstić information content (AvgIpc) is 2.38. The summed E-state index contributed by atoms with van der Waals surface area (Å²) < 4.78 is 4.48. The van der Waals surface area contributed by atoms with Crippen molar-refractivity contribution in [1.29, 1.82) is 0 Å². The van der Waals surface area contributed by atoms with Crippen molar-refractivity contribution in [3.63, 3.8) is 0 Å². The van der Waals surface area contributed by atoms with Gasteiger partial charge in [0.2, 0.25) is 0 Å². The summed E-state index contributed by atoms with van der Waals surface area (Å²) in [6.45, 7) is 0. The highest BCUT2D eigenvalue weighted by atomic mass is 16.5. The lowest BCUT2D eigenvalue weighted by Crippen LogP contribution is -2.02. The molecule has 0 amide bonds. The van der Waals surface area contributed by atoms with Gasteiger partial charge in [0.25, 0.3) is 0 Å². The molecule has 2 N–H and O–H groups in total. The van der Waals surface area contributed by atoms with E-state index >= 15 is 0 Å². The maximum absolute atomic E-state index is 11.4. The number of esters is 1. The van der Waals surface area contributed by atoms with Crippen molar-refractivity contribution in [3.05, 3.63) is 48.0 Å². The molecule has 0 bridgehead atoms. The zero-order valence-corrected chi connectivity index (χ0v) is 9.75. The maximum Gasteiger partial charge on any atom is 0.345 e. The molecule has 0 aliphatic rings. The van der Waals surface area contributed by atoms with Gasteiger partial charge in [-0.15, -0.1) is 0 Å². The molecule has 4 heteroatoms. The lowest BCUT2D eigenvalue weighted by molar-refractivity contribution is 0.0594. The summed E-state index contributed by atoms with van der Waals surface area (Å²) in [5, 5.41) is 19.5. The van der Waals surface area contributed by atoms with E-state index in [1.54, 1.807) is 0 Å². The highest BCUT2D eigenvalue weighted by Crippen LogP contribution is 2.33. The van der Waals surface area contributed by atoms with Crippen molar-refractivity contribution in [2.24, 2.45) is 0 Å². The van der Waals surface area contributed by atoms with Crippen LogP contribution in [0, 0.1) is 0 Å². The minimum atomic E-state index is -0.774. The number of hydrogen-bond donors (Lipinski definition) is 2. The van der Waals surface area contributed by atoms with Gasteiger partial charge in [-0.2, -0.15) is 0 Å². The number of phenolic OH excluding ortho intramolecular Hbond substituents is 2. The van der Waals surface area contributed by atoms with Gasteiger partial charge >= 0.3 is 5.97 Å². The van der Waals surface area contributed by atoms with Crippen molar-refractivity contribution in [2.45, 2.75) is 0 Å². The van der Waals surface area contributed by atoms with Crippen LogP contribution in [0.4, 0.5) is 0 Å². The molecule has 2 aromatic rings. The lowest BCUT2D eigenvalue weighted by atomic mass is 10.0. The highest BCUT2D eigenvalue weighted by Gasteiger charge is 2.18. The van der Waals surface area contributed by atoms with Crippen molar-refractivity contribution in [1.82, 2.24) is 0 Å². The molecular weight excluding hydrogens is 232 g/mol. The molecule has 4 nitrogen and oxygen atoms in total. The van der Waals surface area contributed by atoms with Crippen LogP contribution in [0.15, 0.2) is 42.5 Å². The predicted molar refractivity (Wildman–Crippen MR) is 66.5 cm³/mol. The number of methoxy groups -OCH3 is 1. The molecule has 0 spiro atoms. The van der Waals surface area contributed by atoms with Gasteiger partial charge in [-0.25, -0.2) is 4.79 Å². The molecule has 0 aliphatic carbocycles. The van der Waals surface area contributed by atoms with Crippen LogP contribution in [0.1, 0.15) is 10.4 Å². The number of carbonyl (C=O) groups excluding carboxylic acids is 1. The fraction of sp³-hybridized carbons (Fsp3) is 0.0714. The molecule has 0 saturated heterocycles. The first-order chi connectivity index (χ1) is 8.63. The van der Waals surface area contributed by atoms with Gasteiger partial charge in [0.1, 0.15) is 17.1 Å². The van der Waals surface area contributed by atoms with Crippen LogP contribution in [0.5, 0.6) is 11.5 Å². The second-order valence-corrected chi connectivity index (χ2v) is 3.75. The minimum Gasteiger partial charge on any atom is -0.507 e. The van der Waals surface area contributed by atoms with Crippen LogP contribution in [-0.4, -0.2) is 23.3 Å². The highest BCUT2D eigenvalue weighted by molar-refractivity contribution is 5.96. The SMILES string of the molecule is COC(=O)c1c(O)cc(-c2ccccc2)cc1O. The number of benzene rings is 2. The van der Waals surface area contributed by atoms with E-state index in [0.717, 1.165) is 5.56 Å². The number of carbonyl (C=O) groups is 1. The van der Waals surface area contributed by atoms with E-state index in [2.05, 4.69) is 4.74 Å². The van der Waals surface area contributed by atoms with Crippen LogP contribution in [0.2, 0.25) is 0 Å². The third-order valence-electron chi connectivity index (χ3n) is 2.59. The Balaban J connectivity index is 2.53. The summed E-state index contributed by atoms with van der Waals surface area (Å²) in [5.74, 6) is -1.38. The van der Waals surface area contributed by atoms with E-state index in [1.807, 2.05) is 30.3 Å². The van der Waals surface area contributed by atoms with Crippen LogP contribution in [0.3, 0.4) is 0 Å². The van der Waals surface area contributed by atoms with Crippen LogP contribution >= 0.6 is 0 Å². The summed E-state index contributed by atoms with van der Waals surface area (Å²) in [6.07, 6.45) is 0.